The van der Waals surface area contributed by atoms with Crippen molar-refractivity contribution in [1.82, 2.24) is 19.5 Å². The van der Waals surface area contributed by atoms with E-state index in [-0.39, 0.29) is 5.15 Å². The summed E-state index contributed by atoms with van der Waals surface area (Å²) < 4.78 is 1.76. The molecule has 1 unspecified atom stereocenters. The average molecular weight is 337 g/mol. The van der Waals surface area contributed by atoms with Gasteiger partial charge in [-0.15, -0.1) is 0 Å². The Morgan fingerprint density at radius 2 is 2.10 bits per heavy atom. The third-order valence-electron chi connectivity index (χ3n) is 3.28. The highest BCUT2D eigenvalue weighted by Crippen LogP contribution is 2.43. The van der Waals surface area contributed by atoms with Crippen molar-refractivity contribution in [1.29, 1.82) is 0 Å². The van der Waals surface area contributed by atoms with Gasteiger partial charge in [-0.1, -0.05) is 35.5 Å². The third-order valence-corrected chi connectivity index (χ3v) is 5.09. The molecular formula is C13H9ClN4OS2. The number of para-hydroxylation sites is 2. The van der Waals surface area contributed by atoms with E-state index in [0.717, 1.165) is 11.0 Å². The molecule has 0 fully saturated rings. The molecule has 8 heteroatoms. The highest BCUT2D eigenvalue weighted by molar-refractivity contribution is 7.99. The summed E-state index contributed by atoms with van der Waals surface area (Å²) in [5.74, 6) is 0. The lowest BCUT2D eigenvalue weighted by atomic mass is 10.2. The quantitative estimate of drug-likeness (QED) is 0.418. The van der Waals surface area contributed by atoms with Crippen molar-refractivity contribution in [3.05, 3.63) is 35.0 Å². The molecule has 3 aromatic rings. The van der Waals surface area contributed by atoms with Crippen molar-refractivity contribution in [2.75, 3.05) is 6.26 Å². The molecule has 0 saturated heterocycles. The standard InChI is InChI=1S/C13H9ClN4OS2/c1-20-12-16-9(14)8-10(17-12)21-13-15-6-4-2-3-5-7(6)18(13)11(8)19/h2-5,11,19H,1H3. The van der Waals surface area contributed by atoms with E-state index in [1.54, 1.807) is 4.57 Å². The summed E-state index contributed by atoms with van der Waals surface area (Å²) in [6.45, 7) is 0. The summed E-state index contributed by atoms with van der Waals surface area (Å²) in [5, 5.41) is 12.9. The molecule has 106 valence electrons. The van der Waals surface area contributed by atoms with Crippen LogP contribution in [-0.4, -0.2) is 30.9 Å². The fourth-order valence-corrected chi connectivity index (χ4v) is 4.19. The smallest absolute Gasteiger partial charge is 0.189 e. The van der Waals surface area contributed by atoms with E-state index in [4.69, 9.17) is 11.6 Å². The first-order chi connectivity index (χ1) is 10.2. The van der Waals surface area contributed by atoms with Gasteiger partial charge in [0.15, 0.2) is 16.5 Å². The van der Waals surface area contributed by atoms with Gasteiger partial charge in [0.05, 0.1) is 16.6 Å². The van der Waals surface area contributed by atoms with E-state index < -0.39 is 6.23 Å². The van der Waals surface area contributed by atoms with E-state index in [1.165, 1.54) is 23.5 Å². The minimum Gasteiger partial charge on any atom is -0.369 e. The number of hydrogen-bond donors (Lipinski definition) is 1. The number of benzene rings is 1. The molecule has 1 aliphatic rings. The molecule has 0 aliphatic carbocycles. The van der Waals surface area contributed by atoms with Crippen molar-refractivity contribution >= 4 is 46.2 Å². The molecule has 4 rings (SSSR count). The second-order valence-electron chi connectivity index (χ2n) is 4.45. The predicted octanol–water partition coefficient (Wildman–Crippen LogP) is 3.21. The van der Waals surface area contributed by atoms with Crippen LogP contribution in [0.1, 0.15) is 11.8 Å². The lowest BCUT2D eigenvalue weighted by Crippen LogP contribution is -2.18. The van der Waals surface area contributed by atoms with E-state index in [2.05, 4.69) is 15.0 Å². The first-order valence-corrected chi connectivity index (χ1v) is 8.55. The Labute approximate surface area is 133 Å². The van der Waals surface area contributed by atoms with Crippen LogP contribution in [0.25, 0.3) is 11.0 Å². The number of hydrogen-bond acceptors (Lipinski definition) is 6. The first-order valence-electron chi connectivity index (χ1n) is 6.13. The number of aliphatic hydroxyl groups excluding tert-OH is 1. The van der Waals surface area contributed by atoms with Crippen LogP contribution < -0.4 is 0 Å². The van der Waals surface area contributed by atoms with Crippen LogP contribution in [0.5, 0.6) is 0 Å². The van der Waals surface area contributed by atoms with Crippen LogP contribution >= 0.6 is 35.1 Å². The number of rotatable bonds is 1. The fourth-order valence-electron chi connectivity index (χ4n) is 2.34. The number of imidazole rings is 1. The Hall–Kier alpha value is -1.28. The molecule has 2 aromatic heterocycles. The van der Waals surface area contributed by atoms with Gasteiger partial charge in [-0.2, -0.15) is 0 Å². The number of aromatic nitrogens is 4. The fraction of sp³-hybridized carbons (Fsp3) is 0.154. The van der Waals surface area contributed by atoms with E-state index in [0.29, 0.717) is 20.9 Å². The Bertz CT molecular complexity index is 867. The predicted molar refractivity (Wildman–Crippen MR) is 83.0 cm³/mol. The zero-order chi connectivity index (χ0) is 14.6. The summed E-state index contributed by atoms with van der Waals surface area (Å²) in [6.07, 6.45) is 0.962. The van der Waals surface area contributed by atoms with Crippen molar-refractivity contribution in [3.8, 4) is 0 Å². The Morgan fingerprint density at radius 1 is 1.29 bits per heavy atom. The molecule has 0 bridgehead atoms. The molecule has 1 N–H and O–H groups in total. The van der Waals surface area contributed by atoms with Crippen molar-refractivity contribution in [2.24, 2.45) is 0 Å². The molecule has 0 saturated carbocycles. The van der Waals surface area contributed by atoms with Gasteiger partial charge in [0.25, 0.3) is 0 Å². The van der Waals surface area contributed by atoms with Crippen LogP contribution in [0.3, 0.4) is 0 Å². The van der Waals surface area contributed by atoms with E-state index >= 15 is 0 Å². The number of nitrogens with zero attached hydrogens (tertiary/aromatic N) is 4. The second kappa shape index (κ2) is 4.88. The summed E-state index contributed by atoms with van der Waals surface area (Å²) in [5.41, 5.74) is 2.24. The number of thioether (sulfide) groups is 1. The minimum atomic E-state index is -0.924. The summed E-state index contributed by atoms with van der Waals surface area (Å²) in [4.78, 5) is 13.2. The molecule has 0 spiro atoms. The van der Waals surface area contributed by atoms with Crippen molar-refractivity contribution in [2.45, 2.75) is 21.6 Å². The van der Waals surface area contributed by atoms with Gasteiger partial charge in [-0.3, -0.25) is 4.57 Å². The highest BCUT2D eigenvalue weighted by atomic mass is 35.5. The van der Waals surface area contributed by atoms with Gasteiger partial charge in [0.2, 0.25) is 0 Å². The van der Waals surface area contributed by atoms with Crippen LogP contribution in [0.4, 0.5) is 0 Å². The molecule has 5 nitrogen and oxygen atoms in total. The zero-order valence-corrected chi connectivity index (χ0v) is 13.2. The zero-order valence-electron chi connectivity index (χ0n) is 10.8. The van der Waals surface area contributed by atoms with Crippen molar-refractivity contribution < 1.29 is 5.11 Å². The summed E-state index contributed by atoms with van der Waals surface area (Å²) in [7, 11) is 0. The third kappa shape index (κ3) is 1.96. The van der Waals surface area contributed by atoms with E-state index in [9.17, 15) is 5.11 Å². The summed E-state index contributed by atoms with van der Waals surface area (Å²) >= 11 is 9.05. The second-order valence-corrected chi connectivity index (χ2v) is 6.54. The number of aliphatic hydroxyl groups is 1. The van der Waals surface area contributed by atoms with Gasteiger partial charge in [-0.05, 0) is 30.2 Å². The largest absolute Gasteiger partial charge is 0.369 e. The van der Waals surface area contributed by atoms with Crippen LogP contribution in [0.15, 0.2) is 39.6 Å². The van der Waals surface area contributed by atoms with Gasteiger partial charge in [-0.25, -0.2) is 15.0 Å². The van der Waals surface area contributed by atoms with Crippen LogP contribution in [-0.2, 0) is 0 Å². The molecule has 1 aromatic carbocycles. The molecule has 1 aliphatic heterocycles. The summed E-state index contributed by atoms with van der Waals surface area (Å²) in [6, 6.07) is 7.67. The lowest BCUT2D eigenvalue weighted by Gasteiger charge is -2.23. The Kier molecular flexibility index (Phi) is 3.11. The monoisotopic (exact) mass is 336 g/mol. The molecule has 0 amide bonds. The minimum absolute atomic E-state index is 0.285. The number of halogens is 1. The van der Waals surface area contributed by atoms with Gasteiger partial charge < -0.3 is 5.11 Å². The van der Waals surface area contributed by atoms with Crippen LogP contribution in [0, 0.1) is 0 Å². The maximum absolute atomic E-state index is 10.7. The first kappa shape index (κ1) is 13.4. The highest BCUT2D eigenvalue weighted by Gasteiger charge is 2.31. The van der Waals surface area contributed by atoms with E-state index in [1.807, 2.05) is 30.5 Å². The normalized spacial score (nSPS) is 16.8. The topological polar surface area (TPSA) is 63.8 Å². The van der Waals surface area contributed by atoms with Crippen molar-refractivity contribution in [3.63, 3.8) is 0 Å². The maximum atomic E-state index is 10.7. The molecule has 21 heavy (non-hydrogen) atoms. The van der Waals surface area contributed by atoms with Crippen LogP contribution in [0.2, 0.25) is 5.15 Å². The number of fused-ring (bicyclic) bond motifs is 4. The molecule has 1 atom stereocenters. The van der Waals surface area contributed by atoms with Gasteiger partial charge >= 0.3 is 0 Å². The average Bonchev–Trinajstić information content (AvgIpc) is 2.84. The lowest BCUT2D eigenvalue weighted by molar-refractivity contribution is 0.134. The van der Waals surface area contributed by atoms with Gasteiger partial charge in [0.1, 0.15) is 10.2 Å². The Balaban J connectivity index is 1.97. The maximum Gasteiger partial charge on any atom is 0.189 e. The molecule has 0 radical (unpaired) electrons. The van der Waals surface area contributed by atoms with Gasteiger partial charge in [0, 0.05) is 0 Å². The molecule has 3 heterocycles. The Morgan fingerprint density at radius 3 is 2.90 bits per heavy atom. The SMILES string of the molecule is CSc1nc(Cl)c2c(n1)Sc1nc3ccccc3n1C2O. The molecular weight excluding hydrogens is 328 g/mol.